The first-order chi connectivity index (χ1) is 9.99. The summed E-state index contributed by atoms with van der Waals surface area (Å²) in [6.45, 7) is 1.99. The van der Waals surface area contributed by atoms with E-state index in [9.17, 15) is 0 Å². The predicted octanol–water partition coefficient (Wildman–Crippen LogP) is 5.91. The van der Waals surface area contributed by atoms with Crippen molar-refractivity contribution >= 4 is 43.5 Å². The molecular formula is C16H15Br2ClO2. The van der Waals surface area contributed by atoms with Crippen LogP contribution < -0.4 is 9.47 Å². The van der Waals surface area contributed by atoms with Gasteiger partial charge in [-0.1, -0.05) is 45.7 Å². The first kappa shape index (κ1) is 16.7. The highest BCUT2D eigenvalue weighted by molar-refractivity contribution is 9.10. The summed E-state index contributed by atoms with van der Waals surface area (Å²) in [5, 5.41) is 0.753. The van der Waals surface area contributed by atoms with Gasteiger partial charge in [0.15, 0.2) is 0 Å². The second kappa shape index (κ2) is 7.03. The fourth-order valence-electron chi connectivity index (χ4n) is 2.06. The van der Waals surface area contributed by atoms with E-state index in [1.165, 1.54) is 0 Å². The van der Waals surface area contributed by atoms with E-state index in [1.807, 2.05) is 31.2 Å². The highest BCUT2D eigenvalue weighted by atomic mass is 79.9. The molecule has 112 valence electrons. The summed E-state index contributed by atoms with van der Waals surface area (Å²) >= 11 is 13.5. The molecule has 0 aliphatic rings. The molecule has 5 heteroatoms. The molecule has 2 aromatic carbocycles. The Morgan fingerprint density at radius 2 is 1.81 bits per heavy atom. The number of benzene rings is 2. The second-order valence-electron chi connectivity index (χ2n) is 4.58. The van der Waals surface area contributed by atoms with Crippen LogP contribution in [0.15, 0.2) is 34.8 Å². The summed E-state index contributed by atoms with van der Waals surface area (Å²) in [5.74, 6) is 1.48. The highest BCUT2D eigenvalue weighted by Crippen LogP contribution is 2.44. The van der Waals surface area contributed by atoms with Gasteiger partial charge in [0.05, 0.1) is 19.0 Å². The number of rotatable bonds is 4. The minimum Gasteiger partial charge on any atom is -0.495 e. The molecule has 0 amide bonds. The summed E-state index contributed by atoms with van der Waals surface area (Å²) < 4.78 is 11.6. The van der Waals surface area contributed by atoms with E-state index in [4.69, 9.17) is 21.1 Å². The van der Waals surface area contributed by atoms with Gasteiger partial charge in [0.2, 0.25) is 0 Å². The number of hydrogen-bond acceptors (Lipinski definition) is 2. The Hall–Kier alpha value is -0.710. The van der Waals surface area contributed by atoms with Gasteiger partial charge >= 0.3 is 0 Å². The zero-order chi connectivity index (χ0) is 15.6. The van der Waals surface area contributed by atoms with E-state index in [1.54, 1.807) is 14.2 Å². The number of aryl methyl sites for hydroxylation is 1. The zero-order valence-electron chi connectivity index (χ0n) is 11.9. The van der Waals surface area contributed by atoms with E-state index in [2.05, 4.69) is 37.9 Å². The van der Waals surface area contributed by atoms with Crippen molar-refractivity contribution in [3.05, 3.63) is 56.5 Å². The lowest BCUT2D eigenvalue weighted by Gasteiger charge is -2.18. The largest absolute Gasteiger partial charge is 0.495 e. The quantitative estimate of drug-likeness (QED) is 0.557. The van der Waals surface area contributed by atoms with E-state index >= 15 is 0 Å². The molecule has 21 heavy (non-hydrogen) atoms. The first-order valence-electron chi connectivity index (χ1n) is 6.30. The smallest absolute Gasteiger partial charge is 0.141 e. The van der Waals surface area contributed by atoms with E-state index in [-0.39, 0.29) is 4.83 Å². The zero-order valence-corrected chi connectivity index (χ0v) is 15.8. The van der Waals surface area contributed by atoms with Gasteiger partial charge in [-0.05, 0) is 46.1 Å². The number of alkyl halides is 1. The molecule has 0 spiro atoms. The van der Waals surface area contributed by atoms with Crippen molar-refractivity contribution in [2.75, 3.05) is 14.2 Å². The fraction of sp³-hybridized carbons (Fsp3) is 0.250. The van der Waals surface area contributed by atoms with Crippen LogP contribution in [-0.2, 0) is 0 Å². The van der Waals surface area contributed by atoms with E-state index in [0.717, 1.165) is 37.7 Å². The standard InChI is InChI=1S/C16H15Br2ClO2/c1-9-4-5-10(8-12(9)19)14(17)11-6-7-13(20-2)15(18)16(11)21-3/h4-8,14H,1-3H3. The van der Waals surface area contributed by atoms with Crippen molar-refractivity contribution in [3.63, 3.8) is 0 Å². The molecule has 2 nitrogen and oxygen atoms in total. The van der Waals surface area contributed by atoms with E-state index in [0.29, 0.717) is 0 Å². The third-order valence-corrected chi connectivity index (χ3v) is 5.46. The molecule has 0 N–H and O–H groups in total. The lowest BCUT2D eigenvalue weighted by Crippen LogP contribution is -1.99. The third kappa shape index (κ3) is 3.38. The van der Waals surface area contributed by atoms with Crippen LogP contribution in [0.1, 0.15) is 21.5 Å². The summed E-state index contributed by atoms with van der Waals surface area (Å²) in [6, 6.07) is 9.92. The Morgan fingerprint density at radius 3 is 2.38 bits per heavy atom. The minimum atomic E-state index is -0.0206. The minimum absolute atomic E-state index is 0.0206. The number of hydrogen-bond donors (Lipinski definition) is 0. The number of methoxy groups -OCH3 is 2. The maximum absolute atomic E-state index is 6.22. The highest BCUT2D eigenvalue weighted by Gasteiger charge is 2.20. The lowest BCUT2D eigenvalue weighted by molar-refractivity contribution is 0.386. The van der Waals surface area contributed by atoms with Gasteiger partial charge in [0.1, 0.15) is 16.0 Å². The van der Waals surface area contributed by atoms with Crippen molar-refractivity contribution < 1.29 is 9.47 Å². The van der Waals surface area contributed by atoms with Crippen LogP contribution in [0.5, 0.6) is 11.5 Å². The molecule has 0 aliphatic heterocycles. The Labute approximate surface area is 146 Å². The summed E-state index contributed by atoms with van der Waals surface area (Å²) in [5.41, 5.74) is 3.13. The van der Waals surface area contributed by atoms with Crippen molar-refractivity contribution in [1.82, 2.24) is 0 Å². The van der Waals surface area contributed by atoms with Crippen LogP contribution >= 0.6 is 43.5 Å². The van der Waals surface area contributed by atoms with Gasteiger partial charge in [0.25, 0.3) is 0 Å². The van der Waals surface area contributed by atoms with Gasteiger partial charge in [0, 0.05) is 10.6 Å². The first-order valence-corrected chi connectivity index (χ1v) is 8.38. The number of ether oxygens (including phenoxy) is 2. The molecule has 0 aromatic heterocycles. The molecule has 0 radical (unpaired) electrons. The van der Waals surface area contributed by atoms with Crippen LogP contribution in [0, 0.1) is 6.92 Å². The molecule has 0 fully saturated rings. The number of halogens is 3. The van der Waals surface area contributed by atoms with Crippen molar-refractivity contribution in [2.24, 2.45) is 0 Å². The maximum Gasteiger partial charge on any atom is 0.141 e. The van der Waals surface area contributed by atoms with Gasteiger partial charge in [-0.25, -0.2) is 0 Å². The second-order valence-corrected chi connectivity index (χ2v) is 6.69. The molecule has 0 heterocycles. The Morgan fingerprint density at radius 1 is 1.10 bits per heavy atom. The summed E-state index contributed by atoms with van der Waals surface area (Å²) in [4.78, 5) is -0.0206. The van der Waals surface area contributed by atoms with Crippen molar-refractivity contribution in [1.29, 1.82) is 0 Å². The van der Waals surface area contributed by atoms with Crippen molar-refractivity contribution in [3.8, 4) is 11.5 Å². The van der Waals surface area contributed by atoms with Crippen LogP contribution in [0.3, 0.4) is 0 Å². The Kier molecular flexibility index (Phi) is 5.58. The predicted molar refractivity (Wildman–Crippen MR) is 94.2 cm³/mol. The average Bonchev–Trinajstić information content (AvgIpc) is 2.49. The molecule has 2 aromatic rings. The van der Waals surface area contributed by atoms with Crippen molar-refractivity contribution in [2.45, 2.75) is 11.8 Å². The molecular weight excluding hydrogens is 419 g/mol. The SMILES string of the molecule is COc1ccc(C(Br)c2ccc(C)c(Cl)c2)c(OC)c1Br. The summed E-state index contributed by atoms with van der Waals surface area (Å²) in [6.07, 6.45) is 0. The van der Waals surface area contributed by atoms with Crippen LogP contribution in [-0.4, -0.2) is 14.2 Å². The van der Waals surface area contributed by atoms with Gasteiger partial charge < -0.3 is 9.47 Å². The fourth-order valence-corrected chi connectivity index (χ4v) is 3.58. The Balaban J connectivity index is 2.50. The molecule has 0 bridgehead atoms. The monoisotopic (exact) mass is 432 g/mol. The molecule has 0 saturated carbocycles. The molecule has 2 rings (SSSR count). The van der Waals surface area contributed by atoms with Gasteiger partial charge in [-0.3, -0.25) is 0 Å². The maximum atomic E-state index is 6.22. The van der Waals surface area contributed by atoms with Crippen LogP contribution in [0.25, 0.3) is 0 Å². The van der Waals surface area contributed by atoms with Crippen LogP contribution in [0.4, 0.5) is 0 Å². The topological polar surface area (TPSA) is 18.5 Å². The lowest BCUT2D eigenvalue weighted by atomic mass is 10.0. The molecule has 1 atom stereocenters. The Bertz CT molecular complexity index is 659. The summed E-state index contributed by atoms with van der Waals surface area (Å²) in [7, 11) is 3.27. The van der Waals surface area contributed by atoms with Gasteiger partial charge in [-0.2, -0.15) is 0 Å². The molecule has 0 saturated heterocycles. The molecule has 0 aliphatic carbocycles. The third-order valence-electron chi connectivity index (χ3n) is 3.28. The molecule has 1 unspecified atom stereocenters. The average molecular weight is 435 g/mol. The van der Waals surface area contributed by atoms with E-state index < -0.39 is 0 Å². The van der Waals surface area contributed by atoms with Gasteiger partial charge in [-0.15, -0.1) is 0 Å². The normalized spacial score (nSPS) is 12.1. The van der Waals surface area contributed by atoms with Crippen LogP contribution in [0.2, 0.25) is 5.02 Å².